The van der Waals surface area contributed by atoms with Crippen molar-refractivity contribution < 1.29 is 13.6 Å². The maximum Gasteiger partial charge on any atom is 0.282 e. The Bertz CT molecular complexity index is 421. The van der Waals surface area contributed by atoms with Gasteiger partial charge in [0.05, 0.1) is 0 Å². The lowest BCUT2D eigenvalue weighted by Crippen LogP contribution is -2.48. The largest absolute Gasteiger partial charge is 0.335 e. The van der Waals surface area contributed by atoms with Gasteiger partial charge in [0.2, 0.25) is 0 Å². The van der Waals surface area contributed by atoms with E-state index in [1.807, 2.05) is 0 Å². The quantitative estimate of drug-likeness (QED) is 0.704. The number of nitrogens with zero attached hydrogens (tertiary/aromatic N) is 1. The minimum atomic E-state index is -0.933. The summed E-state index contributed by atoms with van der Waals surface area (Å²) in [5, 5.41) is 0. The molecule has 84 valence electrons. The average Bonchev–Trinajstić information content (AvgIpc) is 2.18. The van der Waals surface area contributed by atoms with Gasteiger partial charge in [-0.3, -0.25) is 4.79 Å². The Balaban J connectivity index is 1.96. The Morgan fingerprint density at radius 2 is 1.88 bits per heavy atom. The fourth-order valence-electron chi connectivity index (χ4n) is 1.76. The molecule has 1 aromatic carbocycles. The highest BCUT2D eigenvalue weighted by atomic mass is 19.1. The molecule has 0 spiro atoms. The predicted molar refractivity (Wildman–Crippen MR) is 56.0 cm³/mol. The van der Waals surface area contributed by atoms with Crippen LogP contribution < -0.4 is 0 Å². The minimum absolute atomic E-state index is 0.170. The van der Waals surface area contributed by atoms with Gasteiger partial charge in [-0.15, -0.1) is 0 Å². The van der Waals surface area contributed by atoms with E-state index in [1.54, 1.807) is 12.1 Å². The van der Waals surface area contributed by atoms with E-state index in [0.717, 1.165) is 5.56 Å². The van der Waals surface area contributed by atoms with Gasteiger partial charge in [0.15, 0.2) is 5.83 Å². The van der Waals surface area contributed by atoms with Crippen LogP contribution in [0.3, 0.4) is 0 Å². The summed E-state index contributed by atoms with van der Waals surface area (Å²) in [6.07, 6.45) is 0. The first kappa shape index (κ1) is 10.8. The van der Waals surface area contributed by atoms with Crippen LogP contribution in [0.1, 0.15) is 11.5 Å². The third kappa shape index (κ3) is 1.96. The third-order valence-corrected chi connectivity index (χ3v) is 2.74. The van der Waals surface area contributed by atoms with Crippen molar-refractivity contribution in [1.29, 1.82) is 0 Å². The number of hydrogen-bond donors (Lipinski definition) is 0. The number of benzene rings is 1. The van der Waals surface area contributed by atoms with E-state index in [1.165, 1.54) is 17.0 Å². The van der Waals surface area contributed by atoms with Crippen LogP contribution >= 0.6 is 0 Å². The fraction of sp³-hybridized carbons (Fsp3) is 0.250. The fourth-order valence-corrected chi connectivity index (χ4v) is 1.76. The molecule has 1 aromatic rings. The Morgan fingerprint density at radius 1 is 1.31 bits per heavy atom. The molecule has 16 heavy (non-hydrogen) atoms. The van der Waals surface area contributed by atoms with Gasteiger partial charge < -0.3 is 4.90 Å². The van der Waals surface area contributed by atoms with Gasteiger partial charge in [-0.2, -0.15) is 0 Å². The summed E-state index contributed by atoms with van der Waals surface area (Å²) in [5.74, 6) is -1.70. The second-order valence-corrected chi connectivity index (χ2v) is 3.86. The van der Waals surface area contributed by atoms with E-state index in [4.69, 9.17) is 0 Å². The zero-order valence-electron chi connectivity index (χ0n) is 8.62. The van der Waals surface area contributed by atoms with E-state index in [0.29, 0.717) is 13.1 Å². The molecule has 2 nitrogen and oxygen atoms in total. The van der Waals surface area contributed by atoms with Crippen LogP contribution in [0.2, 0.25) is 0 Å². The molecule has 0 atom stereocenters. The summed E-state index contributed by atoms with van der Waals surface area (Å²) >= 11 is 0. The van der Waals surface area contributed by atoms with Crippen molar-refractivity contribution in [1.82, 2.24) is 4.90 Å². The highest BCUT2D eigenvalue weighted by Crippen LogP contribution is 2.28. The molecule has 0 unspecified atom stereocenters. The van der Waals surface area contributed by atoms with Gasteiger partial charge >= 0.3 is 0 Å². The van der Waals surface area contributed by atoms with Gasteiger partial charge in [-0.1, -0.05) is 18.7 Å². The Kier molecular flexibility index (Phi) is 2.73. The van der Waals surface area contributed by atoms with Crippen molar-refractivity contribution in [3.63, 3.8) is 0 Å². The Hall–Kier alpha value is -1.71. The first-order valence-corrected chi connectivity index (χ1v) is 4.97. The van der Waals surface area contributed by atoms with Gasteiger partial charge in [0, 0.05) is 19.0 Å². The van der Waals surface area contributed by atoms with Gasteiger partial charge in [0.25, 0.3) is 5.91 Å². The maximum absolute atomic E-state index is 12.7. The second-order valence-electron chi connectivity index (χ2n) is 3.86. The van der Waals surface area contributed by atoms with Crippen LogP contribution in [0.25, 0.3) is 0 Å². The monoisotopic (exact) mass is 223 g/mol. The Morgan fingerprint density at radius 3 is 2.38 bits per heavy atom. The van der Waals surface area contributed by atoms with Crippen LogP contribution in [0.5, 0.6) is 0 Å². The number of halogens is 2. The molecule has 1 aliphatic heterocycles. The van der Waals surface area contributed by atoms with Crippen LogP contribution in [-0.4, -0.2) is 23.9 Å². The Labute approximate surface area is 92.2 Å². The van der Waals surface area contributed by atoms with Crippen molar-refractivity contribution in [2.75, 3.05) is 13.1 Å². The molecular formula is C12H11F2NO. The van der Waals surface area contributed by atoms with E-state index in [2.05, 4.69) is 6.58 Å². The van der Waals surface area contributed by atoms with Crippen molar-refractivity contribution in [3.05, 3.63) is 48.1 Å². The van der Waals surface area contributed by atoms with E-state index in [9.17, 15) is 13.6 Å². The maximum atomic E-state index is 12.7. The average molecular weight is 223 g/mol. The summed E-state index contributed by atoms with van der Waals surface area (Å²) in [7, 11) is 0. The summed E-state index contributed by atoms with van der Waals surface area (Å²) in [5.41, 5.74) is 0.968. The van der Waals surface area contributed by atoms with Crippen LogP contribution in [-0.2, 0) is 4.79 Å². The molecule has 0 aromatic heterocycles. The summed E-state index contributed by atoms with van der Waals surface area (Å²) in [6.45, 7) is 3.89. The standard InChI is InChI=1S/C12H11F2NO/c1-8(13)12(16)15-6-10(7-15)9-2-4-11(14)5-3-9/h2-5,10H,1,6-7H2. The van der Waals surface area contributed by atoms with E-state index in [-0.39, 0.29) is 11.7 Å². The third-order valence-electron chi connectivity index (χ3n) is 2.74. The molecule has 0 radical (unpaired) electrons. The van der Waals surface area contributed by atoms with Crippen molar-refractivity contribution in [2.45, 2.75) is 5.92 Å². The number of carbonyl (C=O) groups excluding carboxylic acids is 1. The van der Waals surface area contributed by atoms with Crippen LogP contribution in [0.15, 0.2) is 36.7 Å². The topological polar surface area (TPSA) is 20.3 Å². The predicted octanol–water partition coefficient (Wildman–Crippen LogP) is 2.23. The lowest BCUT2D eigenvalue weighted by atomic mass is 9.91. The molecule has 1 amide bonds. The first-order valence-electron chi connectivity index (χ1n) is 4.97. The van der Waals surface area contributed by atoms with Crippen molar-refractivity contribution >= 4 is 5.91 Å². The molecular weight excluding hydrogens is 212 g/mol. The molecule has 0 aliphatic carbocycles. The normalized spacial score (nSPS) is 15.8. The van der Waals surface area contributed by atoms with Crippen molar-refractivity contribution in [3.8, 4) is 0 Å². The number of rotatable bonds is 2. The molecule has 1 fully saturated rings. The summed E-state index contributed by atoms with van der Waals surface area (Å²) in [4.78, 5) is 12.5. The first-order chi connectivity index (χ1) is 7.58. The SMILES string of the molecule is C=C(F)C(=O)N1CC(c2ccc(F)cc2)C1. The molecule has 0 N–H and O–H groups in total. The minimum Gasteiger partial charge on any atom is -0.335 e. The zero-order valence-corrected chi connectivity index (χ0v) is 8.62. The summed E-state index contributed by atoms with van der Waals surface area (Å²) < 4.78 is 25.2. The van der Waals surface area contributed by atoms with Gasteiger partial charge in [-0.05, 0) is 17.7 Å². The lowest BCUT2D eigenvalue weighted by molar-refractivity contribution is -0.132. The molecule has 0 saturated carbocycles. The number of hydrogen-bond acceptors (Lipinski definition) is 1. The highest BCUT2D eigenvalue weighted by Gasteiger charge is 2.32. The molecule has 1 heterocycles. The molecule has 0 bridgehead atoms. The van der Waals surface area contributed by atoms with E-state index >= 15 is 0 Å². The van der Waals surface area contributed by atoms with Crippen LogP contribution in [0.4, 0.5) is 8.78 Å². The van der Waals surface area contributed by atoms with Crippen LogP contribution in [0, 0.1) is 5.82 Å². The van der Waals surface area contributed by atoms with Gasteiger partial charge in [-0.25, -0.2) is 8.78 Å². The molecule has 2 rings (SSSR count). The second kappa shape index (κ2) is 4.04. The molecule has 1 aliphatic rings. The van der Waals surface area contributed by atoms with Crippen molar-refractivity contribution in [2.24, 2.45) is 0 Å². The van der Waals surface area contributed by atoms with E-state index < -0.39 is 11.7 Å². The number of likely N-dealkylation sites (tertiary alicyclic amines) is 1. The number of amides is 1. The molecule has 1 saturated heterocycles. The zero-order chi connectivity index (χ0) is 11.7. The molecule has 4 heteroatoms. The smallest absolute Gasteiger partial charge is 0.282 e. The summed E-state index contributed by atoms with van der Waals surface area (Å²) in [6, 6.07) is 6.14. The number of carbonyl (C=O) groups is 1. The van der Waals surface area contributed by atoms with Gasteiger partial charge in [0.1, 0.15) is 5.82 Å². The lowest BCUT2D eigenvalue weighted by Gasteiger charge is -2.39. The highest BCUT2D eigenvalue weighted by molar-refractivity contribution is 5.91.